The van der Waals surface area contributed by atoms with E-state index in [1.807, 2.05) is 24.3 Å². The Morgan fingerprint density at radius 2 is 1.84 bits per heavy atom. The van der Waals surface area contributed by atoms with Gasteiger partial charge in [-0.2, -0.15) is 0 Å². The van der Waals surface area contributed by atoms with Gasteiger partial charge in [0.15, 0.2) is 0 Å². The van der Waals surface area contributed by atoms with Crippen LogP contribution in [0.5, 0.6) is 0 Å². The molecule has 8 heteroatoms. The summed E-state index contributed by atoms with van der Waals surface area (Å²) in [7, 11) is 0. The van der Waals surface area contributed by atoms with E-state index in [2.05, 4.69) is 10.3 Å². The van der Waals surface area contributed by atoms with E-state index in [9.17, 15) is 14.4 Å². The summed E-state index contributed by atoms with van der Waals surface area (Å²) < 4.78 is 4.96. The van der Waals surface area contributed by atoms with E-state index in [1.54, 1.807) is 54.4 Å². The molecule has 0 spiro atoms. The lowest BCUT2D eigenvalue weighted by atomic mass is 10.1. The minimum absolute atomic E-state index is 0.104. The molecule has 1 N–H and O–H groups in total. The number of hydrogen-bond donors (Lipinski definition) is 1. The number of ether oxygens (including phenoxy) is 1. The second kappa shape index (κ2) is 9.65. The van der Waals surface area contributed by atoms with E-state index in [-0.39, 0.29) is 24.8 Å². The summed E-state index contributed by atoms with van der Waals surface area (Å²) in [6, 6.07) is 17.5. The molecule has 2 aromatic carbocycles. The van der Waals surface area contributed by atoms with Gasteiger partial charge < -0.3 is 15.0 Å². The predicted octanol–water partition coefficient (Wildman–Crippen LogP) is 4.40. The van der Waals surface area contributed by atoms with E-state index in [1.165, 1.54) is 11.8 Å². The molecule has 4 rings (SSSR count). The van der Waals surface area contributed by atoms with Gasteiger partial charge in [-0.25, -0.2) is 9.78 Å². The largest absolute Gasteiger partial charge is 0.462 e. The number of aromatic nitrogens is 1. The molecule has 0 unspecified atom stereocenters. The molecule has 2 amide bonds. The maximum atomic E-state index is 13.2. The van der Waals surface area contributed by atoms with Crippen LogP contribution in [-0.2, 0) is 9.53 Å². The van der Waals surface area contributed by atoms with Crippen LogP contribution in [0.1, 0.15) is 34.1 Å². The van der Waals surface area contributed by atoms with Crippen molar-refractivity contribution in [1.82, 2.24) is 4.98 Å². The van der Waals surface area contributed by atoms with Crippen LogP contribution in [0, 0.1) is 0 Å². The normalized spacial score (nSPS) is 12.4. The van der Waals surface area contributed by atoms with Crippen molar-refractivity contribution in [3.05, 3.63) is 78.0 Å². The lowest BCUT2D eigenvalue weighted by Gasteiger charge is -2.22. The maximum Gasteiger partial charge on any atom is 0.338 e. The van der Waals surface area contributed by atoms with Gasteiger partial charge in [-0.3, -0.25) is 9.59 Å². The topological polar surface area (TPSA) is 88.6 Å². The lowest BCUT2D eigenvalue weighted by molar-refractivity contribution is -0.116. The van der Waals surface area contributed by atoms with E-state index in [0.29, 0.717) is 29.1 Å². The third-order valence-electron chi connectivity index (χ3n) is 4.85. The number of benzene rings is 2. The van der Waals surface area contributed by atoms with Gasteiger partial charge in [0, 0.05) is 29.7 Å². The van der Waals surface area contributed by atoms with Crippen molar-refractivity contribution in [3.8, 4) is 0 Å². The summed E-state index contributed by atoms with van der Waals surface area (Å²) in [5, 5.41) is 3.53. The highest BCUT2D eigenvalue weighted by Gasteiger charge is 2.28. The van der Waals surface area contributed by atoms with Crippen molar-refractivity contribution in [2.45, 2.75) is 23.3 Å². The first kappa shape index (κ1) is 21.6. The van der Waals surface area contributed by atoms with Crippen LogP contribution < -0.4 is 10.2 Å². The molecule has 7 nitrogen and oxygen atoms in total. The molecule has 162 valence electrons. The van der Waals surface area contributed by atoms with E-state index in [0.717, 1.165) is 9.92 Å². The van der Waals surface area contributed by atoms with E-state index >= 15 is 0 Å². The van der Waals surface area contributed by atoms with Crippen LogP contribution in [0.15, 0.2) is 76.8 Å². The molecule has 2 heterocycles. The van der Waals surface area contributed by atoms with Gasteiger partial charge in [0.1, 0.15) is 5.03 Å². The number of amides is 2. The highest BCUT2D eigenvalue weighted by Crippen LogP contribution is 2.39. The number of nitrogens with zero attached hydrogens (tertiary/aromatic N) is 2. The Labute approximate surface area is 189 Å². The van der Waals surface area contributed by atoms with Crippen molar-refractivity contribution >= 4 is 40.9 Å². The zero-order valence-corrected chi connectivity index (χ0v) is 18.2. The number of hydrogen-bond acceptors (Lipinski definition) is 6. The van der Waals surface area contributed by atoms with Crippen LogP contribution in [0.4, 0.5) is 11.4 Å². The van der Waals surface area contributed by atoms with Crippen LogP contribution in [0.2, 0.25) is 0 Å². The van der Waals surface area contributed by atoms with Crippen LogP contribution >= 0.6 is 11.8 Å². The summed E-state index contributed by atoms with van der Waals surface area (Å²) in [6.45, 7) is 2.25. The number of fused-ring (bicyclic) bond motifs is 2. The highest BCUT2D eigenvalue weighted by atomic mass is 32.2. The second-order valence-corrected chi connectivity index (χ2v) is 8.01. The van der Waals surface area contributed by atoms with Gasteiger partial charge in [-0.1, -0.05) is 23.9 Å². The number of nitrogens with one attached hydrogen (secondary N) is 1. The van der Waals surface area contributed by atoms with E-state index < -0.39 is 5.97 Å². The average molecular weight is 448 g/mol. The standard InChI is InChI=1S/C24H21N3O4S/c1-2-31-24(30)16-9-11-17(12-10-16)26-21(28)13-15-27-19-7-5-14-25-22(19)32-20-8-4-3-6-18(20)23(27)29/h3-12,14H,2,13,15H2,1H3,(H,26,28). The molecule has 1 aliphatic rings. The van der Waals surface area contributed by atoms with Crippen molar-refractivity contribution in [2.24, 2.45) is 0 Å². The molecule has 0 atom stereocenters. The molecule has 0 bridgehead atoms. The molecular formula is C24H21N3O4S. The Morgan fingerprint density at radius 3 is 2.62 bits per heavy atom. The molecule has 3 aromatic rings. The Kier molecular flexibility index (Phi) is 6.51. The number of esters is 1. The fraction of sp³-hybridized carbons (Fsp3) is 0.167. The quantitative estimate of drug-likeness (QED) is 0.564. The second-order valence-electron chi connectivity index (χ2n) is 6.98. The number of carbonyl (C=O) groups is 3. The zero-order valence-electron chi connectivity index (χ0n) is 17.4. The monoisotopic (exact) mass is 447 g/mol. The Bertz CT molecular complexity index is 1160. The molecular weight excluding hydrogens is 426 g/mol. The molecule has 0 aliphatic carbocycles. The molecule has 0 saturated carbocycles. The zero-order chi connectivity index (χ0) is 22.5. The fourth-order valence-corrected chi connectivity index (χ4v) is 4.34. The van der Waals surface area contributed by atoms with Crippen molar-refractivity contribution < 1.29 is 19.1 Å². The smallest absolute Gasteiger partial charge is 0.338 e. The minimum Gasteiger partial charge on any atom is -0.462 e. The third kappa shape index (κ3) is 4.65. The van der Waals surface area contributed by atoms with Crippen molar-refractivity contribution in [3.63, 3.8) is 0 Å². The lowest BCUT2D eigenvalue weighted by Crippen LogP contribution is -2.34. The number of anilines is 2. The van der Waals surface area contributed by atoms with E-state index in [4.69, 9.17) is 4.74 Å². The van der Waals surface area contributed by atoms with Gasteiger partial charge >= 0.3 is 5.97 Å². The maximum absolute atomic E-state index is 13.2. The first-order valence-corrected chi connectivity index (χ1v) is 11.0. The first-order valence-electron chi connectivity index (χ1n) is 10.2. The number of pyridine rings is 1. The van der Waals surface area contributed by atoms with Crippen LogP contribution in [0.25, 0.3) is 0 Å². The Hall–Kier alpha value is -3.65. The summed E-state index contributed by atoms with van der Waals surface area (Å²) >= 11 is 1.44. The molecule has 0 fully saturated rings. The van der Waals surface area contributed by atoms with Crippen molar-refractivity contribution in [1.29, 1.82) is 0 Å². The predicted molar refractivity (Wildman–Crippen MR) is 122 cm³/mol. The Morgan fingerprint density at radius 1 is 1.06 bits per heavy atom. The SMILES string of the molecule is CCOC(=O)c1ccc(NC(=O)CCN2C(=O)c3ccccc3Sc3ncccc32)cc1. The summed E-state index contributed by atoms with van der Waals surface area (Å²) in [5.74, 6) is -0.806. The molecule has 1 aliphatic heterocycles. The number of carbonyl (C=O) groups excluding carboxylic acids is 3. The van der Waals surface area contributed by atoms with Gasteiger partial charge in [0.2, 0.25) is 5.91 Å². The van der Waals surface area contributed by atoms with Crippen LogP contribution in [0.3, 0.4) is 0 Å². The van der Waals surface area contributed by atoms with Gasteiger partial charge in [0.25, 0.3) is 5.91 Å². The van der Waals surface area contributed by atoms with Gasteiger partial charge in [-0.15, -0.1) is 0 Å². The molecule has 1 aromatic heterocycles. The highest BCUT2D eigenvalue weighted by molar-refractivity contribution is 7.99. The van der Waals surface area contributed by atoms with Crippen molar-refractivity contribution in [2.75, 3.05) is 23.4 Å². The fourth-order valence-electron chi connectivity index (χ4n) is 3.32. The average Bonchev–Trinajstić information content (AvgIpc) is 2.92. The third-order valence-corrected chi connectivity index (χ3v) is 5.94. The molecule has 0 saturated heterocycles. The minimum atomic E-state index is -0.407. The Balaban J connectivity index is 1.46. The van der Waals surface area contributed by atoms with Crippen LogP contribution in [-0.4, -0.2) is 35.9 Å². The van der Waals surface area contributed by atoms with Gasteiger partial charge in [0.05, 0.1) is 23.4 Å². The molecule has 0 radical (unpaired) electrons. The summed E-state index contributed by atoms with van der Waals surface area (Å²) in [4.78, 5) is 44.4. The summed E-state index contributed by atoms with van der Waals surface area (Å²) in [5.41, 5.74) is 2.25. The summed E-state index contributed by atoms with van der Waals surface area (Å²) in [6.07, 6.45) is 1.79. The first-order chi connectivity index (χ1) is 15.6. The van der Waals surface area contributed by atoms with Gasteiger partial charge in [-0.05, 0) is 55.5 Å². The molecule has 32 heavy (non-hydrogen) atoms. The number of rotatable bonds is 6.